The number of hydrogen-bond acceptors (Lipinski definition) is 2. The van der Waals surface area contributed by atoms with Crippen molar-refractivity contribution in [1.82, 2.24) is 14.8 Å². The van der Waals surface area contributed by atoms with Gasteiger partial charge in [-0.05, 0) is 29.8 Å². The molecule has 1 aromatic carbocycles. The van der Waals surface area contributed by atoms with Crippen LogP contribution in [0.1, 0.15) is 16.8 Å². The number of aliphatic hydroxyl groups excluding tert-OH is 1. The van der Waals surface area contributed by atoms with Crippen LogP contribution in [0.4, 0.5) is 4.39 Å². The van der Waals surface area contributed by atoms with E-state index in [4.69, 9.17) is 5.11 Å². The summed E-state index contributed by atoms with van der Waals surface area (Å²) < 4.78 is 15.5. The van der Waals surface area contributed by atoms with Crippen LogP contribution >= 0.6 is 24.0 Å². The minimum Gasteiger partial charge on any atom is -0.392 e. The van der Waals surface area contributed by atoms with Crippen molar-refractivity contribution in [3.63, 3.8) is 0 Å². The maximum Gasteiger partial charge on any atom is 0.194 e. The highest BCUT2D eigenvalue weighted by molar-refractivity contribution is 14.0. The molecule has 0 bridgehead atoms. The van der Waals surface area contributed by atoms with Crippen LogP contribution in [0.3, 0.4) is 0 Å². The zero-order chi connectivity index (χ0) is 16.8. The molecule has 1 heterocycles. The molecule has 0 unspecified atom stereocenters. The maximum atomic E-state index is 13.4. The van der Waals surface area contributed by atoms with E-state index in [9.17, 15) is 4.39 Å². The molecule has 0 aliphatic carbocycles. The highest BCUT2D eigenvalue weighted by Gasteiger charge is 2.09. The van der Waals surface area contributed by atoms with Crippen molar-refractivity contribution < 1.29 is 9.50 Å². The molecular formula is C17H24FIN4O. The molecule has 2 rings (SSSR count). The number of aliphatic hydroxyl groups is 1. The van der Waals surface area contributed by atoms with Crippen LogP contribution < -0.4 is 5.32 Å². The third-order valence-corrected chi connectivity index (χ3v) is 3.75. The van der Waals surface area contributed by atoms with E-state index < -0.39 is 0 Å². The molecule has 0 atom stereocenters. The minimum absolute atomic E-state index is 0. The van der Waals surface area contributed by atoms with E-state index in [1.54, 1.807) is 19.2 Å². The summed E-state index contributed by atoms with van der Waals surface area (Å²) in [5.41, 5.74) is 2.38. The van der Waals surface area contributed by atoms with Crippen LogP contribution in [-0.4, -0.2) is 34.6 Å². The van der Waals surface area contributed by atoms with Gasteiger partial charge in [0.05, 0.1) is 13.2 Å². The van der Waals surface area contributed by atoms with Gasteiger partial charge in [0.1, 0.15) is 5.82 Å². The van der Waals surface area contributed by atoms with Gasteiger partial charge < -0.3 is 19.9 Å². The number of aliphatic imine (C=N–C) groups is 1. The highest BCUT2D eigenvalue weighted by atomic mass is 127. The Labute approximate surface area is 159 Å². The first-order chi connectivity index (χ1) is 11.0. The summed E-state index contributed by atoms with van der Waals surface area (Å²) in [5, 5.41) is 12.4. The molecule has 2 aromatic rings. The molecule has 0 fully saturated rings. The van der Waals surface area contributed by atoms with Crippen molar-refractivity contribution in [2.75, 3.05) is 14.1 Å². The van der Waals surface area contributed by atoms with Gasteiger partial charge in [0.15, 0.2) is 5.96 Å². The van der Waals surface area contributed by atoms with Crippen molar-refractivity contribution in [2.24, 2.45) is 12.0 Å². The second-order valence-electron chi connectivity index (χ2n) is 5.45. The monoisotopic (exact) mass is 446 g/mol. The first-order valence-electron chi connectivity index (χ1n) is 7.45. The molecule has 0 saturated carbocycles. The summed E-state index contributed by atoms with van der Waals surface area (Å²) in [5.74, 6) is 0.363. The zero-order valence-electron chi connectivity index (χ0n) is 14.2. The number of rotatable bonds is 5. The lowest BCUT2D eigenvalue weighted by Crippen LogP contribution is -2.38. The molecule has 24 heavy (non-hydrogen) atoms. The Hall–Kier alpha value is -1.61. The van der Waals surface area contributed by atoms with Crippen molar-refractivity contribution in [3.8, 4) is 0 Å². The van der Waals surface area contributed by atoms with Crippen molar-refractivity contribution in [2.45, 2.75) is 19.7 Å². The topological polar surface area (TPSA) is 52.8 Å². The molecule has 1 aromatic heterocycles. The fourth-order valence-corrected chi connectivity index (χ4v) is 2.40. The Morgan fingerprint density at radius 3 is 2.71 bits per heavy atom. The Bertz CT molecular complexity index is 687. The Morgan fingerprint density at radius 2 is 2.12 bits per heavy atom. The van der Waals surface area contributed by atoms with Gasteiger partial charge in [0.2, 0.25) is 0 Å². The van der Waals surface area contributed by atoms with Crippen LogP contribution in [0.5, 0.6) is 0 Å². The smallest absolute Gasteiger partial charge is 0.194 e. The molecule has 0 radical (unpaired) electrons. The predicted octanol–water partition coefficient (Wildman–Crippen LogP) is 2.48. The molecular weight excluding hydrogens is 422 g/mol. The van der Waals surface area contributed by atoms with Crippen LogP contribution in [0.2, 0.25) is 0 Å². The molecule has 0 spiro atoms. The quantitative estimate of drug-likeness (QED) is 0.422. The van der Waals surface area contributed by atoms with Crippen LogP contribution in [0.15, 0.2) is 41.5 Å². The van der Waals surface area contributed by atoms with Gasteiger partial charge in [0.25, 0.3) is 0 Å². The fourth-order valence-electron chi connectivity index (χ4n) is 2.40. The molecule has 132 valence electrons. The van der Waals surface area contributed by atoms with E-state index in [2.05, 4.69) is 20.9 Å². The summed E-state index contributed by atoms with van der Waals surface area (Å²) in [4.78, 5) is 6.29. The number of guanidine groups is 1. The van der Waals surface area contributed by atoms with Crippen molar-refractivity contribution >= 4 is 29.9 Å². The lowest BCUT2D eigenvalue weighted by atomic mass is 10.1. The van der Waals surface area contributed by atoms with Gasteiger partial charge in [-0.3, -0.25) is 4.99 Å². The third kappa shape index (κ3) is 5.20. The first-order valence-corrected chi connectivity index (χ1v) is 7.45. The van der Waals surface area contributed by atoms with Crippen molar-refractivity contribution in [3.05, 3.63) is 59.2 Å². The van der Waals surface area contributed by atoms with E-state index >= 15 is 0 Å². The Morgan fingerprint density at radius 1 is 1.38 bits per heavy atom. The number of halogens is 2. The third-order valence-electron chi connectivity index (χ3n) is 3.75. The second kappa shape index (κ2) is 9.63. The molecule has 2 N–H and O–H groups in total. The van der Waals surface area contributed by atoms with Crippen LogP contribution in [-0.2, 0) is 26.7 Å². The number of nitrogens with zero attached hydrogens (tertiary/aromatic N) is 3. The highest BCUT2D eigenvalue weighted by Crippen LogP contribution is 2.11. The average molecular weight is 446 g/mol. The molecule has 0 amide bonds. The Kier molecular flexibility index (Phi) is 8.20. The van der Waals surface area contributed by atoms with Crippen LogP contribution in [0, 0.1) is 5.82 Å². The molecule has 0 aliphatic rings. The summed E-state index contributed by atoms with van der Waals surface area (Å²) >= 11 is 0. The number of hydrogen-bond donors (Lipinski definition) is 2. The first kappa shape index (κ1) is 20.4. The van der Waals surface area contributed by atoms with E-state index in [0.717, 1.165) is 18.1 Å². The van der Waals surface area contributed by atoms with E-state index in [0.29, 0.717) is 12.1 Å². The number of benzene rings is 1. The minimum atomic E-state index is -0.388. The van der Waals surface area contributed by atoms with Gasteiger partial charge in [-0.1, -0.05) is 6.07 Å². The van der Waals surface area contributed by atoms with E-state index in [-0.39, 0.29) is 36.4 Å². The van der Waals surface area contributed by atoms with Crippen LogP contribution in [0.25, 0.3) is 0 Å². The average Bonchev–Trinajstić information content (AvgIpc) is 2.94. The summed E-state index contributed by atoms with van der Waals surface area (Å²) in [6.07, 6.45) is 2.01. The van der Waals surface area contributed by atoms with Gasteiger partial charge >= 0.3 is 0 Å². The zero-order valence-corrected chi connectivity index (χ0v) is 16.5. The lowest BCUT2D eigenvalue weighted by molar-refractivity contribution is 0.275. The Balaban J connectivity index is 0.00000288. The summed E-state index contributed by atoms with van der Waals surface area (Å²) in [6.45, 7) is 0.938. The summed E-state index contributed by atoms with van der Waals surface area (Å²) in [6, 6.07) is 8.81. The lowest BCUT2D eigenvalue weighted by Gasteiger charge is -2.22. The molecule has 0 saturated heterocycles. The molecule has 0 aliphatic heterocycles. The maximum absolute atomic E-state index is 13.4. The van der Waals surface area contributed by atoms with Gasteiger partial charge in [-0.15, -0.1) is 24.0 Å². The second-order valence-corrected chi connectivity index (χ2v) is 5.45. The van der Waals surface area contributed by atoms with Gasteiger partial charge in [0, 0.05) is 45.1 Å². The molecule has 7 heteroatoms. The van der Waals surface area contributed by atoms with Gasteiger partial charge in [-0.2, -0.15) is 0 Å². The fraction of sp³-hybridized carbons (Fsp3) is 0.353. The standard InChI is InChI=1S/C17H23FN4O.HI/c1-19-17(22(3)11-15-5-4-8-21(15)2)20-10-13-6-7-16(18)14(9-13)12-23;/h4-9,23H,10-12H2,1-3H3,(H,19,20);1H. The number of aromatic nitrogens is 1. The summed E-state index contributed by atoms with van der Waals surface area (Å²) in [7, 11) is 5.70. The SMILES string of the molecule is CN=C(NCc1ccc(F)c(CO)c1)N(C)Cc1cccn1C.I. The van der Waals surface area contributed by atoms with E-state index in [1.165, 1.54) is 11.8 Å². The number of aryl methyl sites for hydroxylation is 1. The normalized spacial score (nSPS) is 11.1. The van der Waals surface area contributed by atoms with Gasteiger partial charge in [-0.25, -0.2) is 4.39 Å². The predicted molar refractivity (Wildman–Crippen MR) is 105 cm³/mol. The largest absolute Gasteiger partial charge is 0.392 e. The van der Waals surface area contributed by atoms with E-state index in [1.807, 2.05) is 31.3 Å². The van der Waals surface area contributed by atoms with Crippen molar-refractivity contribution in [1.29, 1.82) is 0 Å². The molecule has 5 nitrogen and oxygen atoms in total. The number of nitrogens with one attached hydrogen (secondary N) is 1.